The molecular formula is C21H20N4O2. The summed E-state index contributed by atoms with van der Waals surface area (Å²) in [4.78, 5) is 28.8. The van der Waals surface area contributed by atoms with Gasteiger partial charge >= 0.3 is 6.03 Å². The fraction of sp³-hybridized carbons (Fsp3) is 0.0952. The van der Waals surface area contributed by atoms with Gasteiger partial charge in [0.05, 0.1) is 11.7 Å². The fourth-order valence-corrected chi connectivity index (χ4v) is 2.58. The van der Waals surface area contributed by atoms with Crippen LogP contribution in [0, 0.1) is 6.92 Å². The maximum atomic E-state index is 12.3. The van der Waals surface area contributed by atoms with Gasteiger partial charge in [0.15, 0.2) is 0 Å². The molecule has 0 aliphatic heterocycles. The number of benzene rings is 2. The normalized spacial score (nSPS) is 11.3. The maximum Gasteiger partial charge on any atom is 0.334 e. The number of amides is 3. The van der Waals surface area contributed by atoms with E-state index in [1.807, 2.05) is 67.6 Å². The molecule has 0 aliphatic carbocycles. The van der Waals surface area contributed by atoms with Crippen molar-refractivity contribution in [1.29, 1.82) is 0 Å². The van der Waals surface area contributed by atoms with Gasteiger partial charge in [0.25, 0.3) is 5.91 Å². The van der Waals surface area contributed by atoms with Crippen molar-refractivity contribution >= 4 is 11.9 Å². The summed E-state index contributed by atoms with van der Waals surface area (Å²) in [5.41, 5.74) is 7.89. The van der Waals surface area contributed by atoms with Crippen LogP contribution < -0.4 is 16.2 Å². The van der Waals surface area contributed by atoms with Gasteiger partial charge in [0.2, 0.25) is 0 Å². The second-order valence-corrected chi connectivity index (χ2v) is 6.02. The minimum atomic E-state index is -0.532. The summed E-state index contributed by atoms with van der Waals surface area (Å²) >= 11 is 0. The van der Waals surface area contributed by atoms with Crippen LogP contribution in [0.5, 0.6) is 0 Å². The summed E-state index contributed by atoms with van der Waals surface area (Å²) in [6.07, 6.45) is 1.67. The van der Waals surface area contributed by atoms with Gasteiger partial charge in [-0.3, -0.25) is 15.2 Å². The van der Waals surface area contributed by atoms with Gasteiger partial charge in [0.1, 0.15) is 0 Å². The van der Waals surface area contributed by atoms with Crippen LogP contribution in [0.2, 0.25) is 0 Å². The van der Waals surface area contributed by atoms with E-state index in [-0.39, 0.29) is 5.91 Å². The number of aryl methyl sites for hydroxylation is 1. The Morgan fingerprint density at radius 1 is 0.852 bits per heavy atom. The van der Waals surface area contributed by atoms with Crippen molar-refractivity contribution in [3.63, 3.8) is 0 Å². The average molecular weight is 360 g/mol. The van der Waals surface area contributed by atoms with Crippen LogP contribution in [0.25, 0.3) is 0 Å². The second kappa shape index (κ2) is 8.62. The van der Waals surface area contributed by atoms with Crippen molar-refractivity contribution in [3.8, 4) is 0 Å². The average Bonchev–Trinajstić information content (AvgIpc) is 2.72. The molecule has 2 aromatic carbocycles. The quantitative estimate of drug-likeness (QED) is 0.625. The minimum Gasteiger partial charge on any atom is -0.324 e. The van der Waals surface area contributed by atoms with Crippen molar-refractivity contribution in [2.24, 2.45) is 0 Å². The minimum absolute atomic E-state index is 0.390. The Labute approximate surface area is 157 Å². The molecule has 0 saturated carbocycles. The molecule has 3 amide bonds. The first kappa shape index (κ1) is 18.1. The van der Waals surface area contributed by atoms with E-state index >= 15 is 0 Å². The molecule has 3 rings (SSSR count). The first-order chi connectivity index (χ1) is 13.1. The number of carbonyl (C=O) groups excluding carboxylic acids is 2. The third-order valence-corrected chi connectivity index (χ3v) is 4.00. The lowest BCUT2D eigenvalue weighted by atomic mass is 10.0. The van der Waals surface area contributed by atoms with E-state index in [2.05, 4.69) is 21.2 Å². The zero-order chi connectivity index (χ0) is 19.1. The lowest BCUT2D eigenvalue weighted by Crippen LogP contribution is -2.48. The summed E-state index contributed by atoms with van der Waals surface area (Å²) in [6, 6.07) is 21.1. The second-order valence-electron chi connectivity index (χ2n) is 6.02. The van der Waals surface area contributed by atoms with E-state index < -0.39 is 12.1 Å². The molecule has 0 aliphatic rings. The molecule has 0 fully saturated rings. The van der Waals surface area contributed by atoms with Crippen molar-refractivity contribution < 1.29 is 9.59 Å². The number of aromatic nitrogens is 1. The number of hydrazine groups is 1. The van der Waals surface area contributed by atoms with Gasteiger partial charge in [-0.2, -0.15) is 0 Å². The molecule has 3 N–H and O–H groups in total. The lowest BCUT2D eigenvalue weighted by Gasteiger charge is -2.19. The van der Waals surface area contributed by atoms with Crippen molar-refractivity contribution in [2.45, 2.75) is 13.0 Å². The van der Waals surface area contributed by atoms with Crippen molar-refractivity contribution in [2.75, 3.05) is 0 Å². The predicted molar refractivity (Wildman–Crippen MR) is 103 cm³/mol. The Balaban J connectivity index is 1.66. The first-order valence-electron chi connectivity index (χ1n) is 8.53. The number of hydrogen-bond acceptors (Lipinski definition) is 3. The molecule has 1 atom stereocenters. The van der Waals surface area contributed by atoms with Gasteiger partial charge in [-0.25, -0.2) is 10.2 Å². The van der Waals surface area contributed by atoms with Crippen LogP contribution in [0.15, 0.2) is 79.0 Å². The Morgan fingerprint density at radius 3 is 2.22 bits per heavy atom. The summed E-state index contributed by atoms with van der Waals surface area (Å²) in [5, 5.41) is 2.84. The molecule has 0 saturated heterocycles. The highest BCUT2D eigenvalue weighted by molar-refractivity contribution is 5.95. The number of hydrogen-bond donors (Lipinski definition) is 3. The van der Waals surface area contributed by atoms with E-state index in [0.717, 1.165) is 11.1 Å². The number of carbonyl (C=O) groups is 2. The zero-order valence-corrected chi connectivity index (χ0v) is 14.8. The number of nitrogens with zero attached hydrogens (tertiary/aromatic N) is 1. The molecule has 3 aromatic rings. The van der Waals surface area contributed by atoms with Crippen molar-refractivity contribution in [3.05, 3.63) is 101 Å². The molecule has 6 heteroatoms. The molecule has 0 bridgehead atoms. The molecule has 6 nitrogen and oxygen atoms in total. The van der Waals surface area contributed by atoms with Crippen molar-refractivity contribution in [1.82, 2.24) is 21.2 Å². The monoisotopic (exact) mass is 360 g/mol. The molecular weight excluding hydrogens is 340 g/mol. The molecule has 1 heterocycles. The third kappa shape index (κ3) is 4.92. The summed E-state index contributed by atoms with van der Waals surface area (Å²) < 4.78 is 0. The van der Waals surface area contributed by atoms with Crippen LogP contribution in [0.4, 0.5) is 4.79 Å². The summed E-state index contributed by atoms with van der Waals surface area (Å²) in [5.74, 6) is -0.390. The highest BCUT2D eigenvalue weighted by atomic mass is 16.2. The smallest absolute Gasteiger partial charge is 0.324 e. The zero-order valence-electron chi connectivity index (χ0n) is 14.8. The van der Waals surface area contributed by atoms with Gasteiger partial charge in [-0.1, -0.05) is 54.1 Å². The first-order valence-corrected chi connectivity index (χ1v) is 8.53. The number of pyridine rings is 1. The molecule has 1 aromatic heterocycles. The summed E-state index contributed by atoms with van der Waals surface area (Å²) in [7, 11) is 0. The lowest BCUT2D eigenvalue weighted by molar-refractivity contribution is 0.0936. The third-order valence-electron chi connectivity index (χ3n) is 4.00. The molecule has 0 spiro atoms. The number of rotatable bonds is 4. The van der Waals surface area contributed by atoms with E-state index in [1.165, 1.54) is 0 Å². The van der Waals surface area contributed by atoms with Gasteiger partial charge in [0, 0.05) is 11.8 Å². The van der Waals surface area contributed by atoms with Crippen LogP contribution >= 0.6 is 0 Å². The van der Waals surface area contributed by atoms with Gasteiger partial charge in [-0.05, 0) is 36.8 Å². The predicted octanol–water partition coefficient (Wildman–Crippen LogP) is 3.12. The maximum absolute atomic E-state index is 12.3. The van der Waals surface area contributed by atoms with E-state index in [1.54, 1.807) is 18.3 Å². The molecule has 0 radical (unpaired) electrons. The van der Waals surface area contributed by atoms with Crippen LogP contribution in [0.1, 0.15) is 33.2 Å². The van der Waals surface area contributed by atoms with E-state index in [9.17, 15) is 9.59 Å². The molecule has 27 heavy (non-hydrogen) atoms. The van der Waals surface area contributed by atoms with Crippen LogP contribution in [-0.4, -0.2) is 16.9 Å². The van der Waals surface area contributed by atoms with Crippen LogP contribution in [-0.2, 0) is 0 Å². The Kier molecular flexibility index (Phi) is 5.79. The molecule has 136 valence electrons. The SMILES string of the molecule is Cc1ccc(C(=O)NNC(=O)N[C@@H](c2ccccc2)c2ccccn2)cc1. The number of nitrogens with one attached hydrogen (secondary N) is 3. The van der Waals surface area contributed by atoms with E-state index in [0.29, 0.717) is 11.3 Å². The summed E-state index contributed by atoms with van der Waals surface area (Å²) in [6.45, 7) is 1.94. The van der Waals surface area contributed by atoms with Crippen LogP contribution in [0.3, 0.4) is 0 Å². The largest absolute Gasteiger partial charge is 0.334 e. The highest BCUT2D eigenvalue weighted by Gasteiger charge is 2.18. The van der Waals surface area contributed by atoms with Gasteiger partial charge in [-0.15, -0.1) is 0 Å². The highest BCUT2D eigenvalue weighted by Crippen LogP contribution is 2.19. The van der Waals surface area contributed by atoms with E-state index in [4.69, 9.17) is 0 Å². The molecule has 0 unspecified atom stereocenters. The Bertz CT molecular complexity index is 857. The topological polar surface area (TPSA) is 83.1 Å². The fourth-order valence-electron chi connectivity index (χ4n) is 2.58. The van der Waals surface area contributed by atoms with Gasteiger partial charge < -0.3 is 5.32 Å². The Morgan fingerprint density at radius 2 is 1.56 bits per heavy atom. The number of urea groups is 1. The standard InChI is InChI=1S/C21H20N4O2/c1-15-10-12-17(13-11-15)20(26)24-25-21(27)23-19(16-7-3-2-4-8-16)18-9-5-6-14-22-18/h2-14,19H,1H3,(H,24,26)(H2,23,25,27)/t19-/m0/s1. The Hall–Kier alpha value is -3.67.